The lowest BCUT2D eigenvalue weighted by atomic mass is 9.70. The maximum Gasteiger partial charge on any atom is 0.309 e. The van der Waals surface area contributed by atoms with Crippen LogP contribution >= 0.6 is 0 Å². The number of carbonyl (C=O) groups excluding carboxylic acids is 1. The summed E-state index contributed by atoms with van der Waals surface area (Å²) in [4.78, 5) is 12.7. The molecule has 4 heteroatoms. The van der Waals surface area contributed by atoms with Gasteiger partial charge in [0, 0.05) is 23.1 Å². The molecule has 4 nitrogen and oxygen atoms in total. The van der Waals surface area contributed by atoms with E-state index in [1.54, 1.807) is 6.92 Å². The molecule has 4 aromatic carbocycles. The normalized spacial score (nSPS) is 18.8. The van der Waals surface area contributed by atoms with Crippen molar-refractivity contribution in [3.8, 4) is 5.75 Å². The number of hydrogen-bond acceptors (Lipinski definition) is 4. The van der Waals surface area contributed by atoms with Gasteiger partial charge in [0.25, 0.3) is 0 Å². The van der Waals surface area contributed by atoms with Crippen molar-refractivity contribution in [2.45, 2.75) is 31.0 Å². The van der Waals surface area contributed by atoms with Crippen molar-refractivity contribution in [2.24, 2.45) is 0 Å². The zero-order chi connectivity index (χ0) is 22.9. The highest BCUT2D eigenvalue weighted by Crippen LogP contribution is 2.54. The number of rotatable bonds is 5. The van der Waals surface area contributed by atoms with Crippen LogP contribution in [0.4, 0.5) is 0 Å². The Labute approximate surface area is 193 Å². The van der Waals surface area contributed by atoms with Gasteiger partial charge in [0.05, 0.1) is 13.0 Å². The second-order valence-corrected chi connectivity index (χ2v) is 8.51. The second kappa shape index (κ2) is 8.38. The molecular formula is C29H26O4. The van der Waals surface area contributed by atoms with E-state index in [4.69, 9.17) is 9.47 Å². The third kappa shape index (κ3) is 3.66. The Morgan fingerprint density at radius 2 is 1.48 bits per heavy atom. The lowest BCUT2D eigenvalue weighted by Gasteiger charge is -2.47. The lowest BCUT2D eigenvalue weighted by molar-refractivity contribution is -0.153. The van der Waals surface area contributed by atoms with E-state index in [1.807, 2.05) is 97.1 Å². The van der Waals surface area contributed by atoms with Crippen molar-refractivity contribution in [1.82, 2.24) is 0 Å². The highest BCUT2D eigenvalue weighted by atomic mass is 16.5. The quantitative estimate of drug-likeness (QED) is 0.406. The van der Waals surface area contributed by atoms with Crippen molar-refractivity contribution >= 4 is 16.7 Å². The molecule has 0 bridgehead atoms. The van der Waals surface area contributed by atoms with Gasteiger partial charge in [-0.25, -0.2) is 0 Å². The molecule has 1 atom stereocenters. The van der Waals surface area contributed by atoms with E-state index in [-0.39, 0.29) is 19.4 Å². The predicted octanol–water partition coefficient (Wildman–Crippen LogP) is 5.71. The average Bonchev–Trinajstić information content (AvgIpc) is 2.84. The van der Waals surface area contributed by atoms with Crippen LogP contribution in [0.1, 0.15) is 36.5 Å². The summed E-state index contributed by atoms with van der Waals surface area (Å²) in [5.41, 5.74) is -0.00303. The lowest BCUT2D eigenvalue weighted by Crippen LogP contribution is -2.48. The minimum absolute atomic E-state index is 0.160. The van der Waals surface area contributed by atoms with Crippen LogP contribution in [0.15, 0.2) is 97.1 Å². The molecule has 1 N–H and O–H groups in total. The van der Waals surface area contributed by atoms with Gasteiger partial charge in [0.15, 0.2) is 5.60 Å². The molecule has 0 saturated heterocycles. The fraction of sp³-hybridized carbons (Fsp3) is 0.207. The van der Waals surface area contributed by atoms with Crippen LogP contribution in [0.25, 0.3) is 10.8 Å². The van der Waals surface area contributed by atoms with Crippen LogP contribution in [0, 0.1) is 0 Å². The Bertz CT molecular complexity index is 1240. The number of benzene rings is 4. The van der Waals surface area contributed by atoms with Crippen LogP contribution in [-0.4, -0.2) is 17.7 Å². The molecule has 0 saturated carbocycles. The first-order chi connectivity index (χ1) is 16.1. The second-order valence-electron chi connectivity index (χ2n) is 8.51. The summed E-state index contributed by atoms with van der Waals surface area (Å²) in [7, 11) is 0. The van der Waals surface area contributed by atoms with E-state index >= 15 is 0 Å². The van der Waals surface area contributed by atoms with E-state index in [0.29, 0.717) is 11.3 Å². The SMILES string of the molecule is CCOC(=O)CC1(O)CC(c2ccccc2)(c2ccccc2)Oc2ccc3ccccc3c21. The van der Waals surface area contributed by atoms with Crippen LogP contribution in [-0.2, 0) is 20.7 Å². The summed E-state index contributed by atoms with van der Waals surface area (Å²) < 4.78 is 12.1. The summed E-state index contributed by atoms with van der Waals surface area (Å²) in [6.07, 6.45) is 0.0144. The summed E-state index contributed by atoms with van der Waals surface area (Å²) in [6.45, 7) is 2.03. The fourth-order valence-electron chi connectivity index (χ4n) is 5.05. The summed E-state index contributed by atoms with van der Waals surface area (Å²) in [5.74, 6) is 0.135. The van der Waals surface area contributed by atoms with Crippen molar-refractivity contribution in [2.75, 3.05) is 6.61 Å². The van der Waals surface area contributed by atoms with Crippen LogP contribution < -0.4 is 4.74 Å². The van der Waals surface area contributed by atoms with Gasteiger partial charge in [-0.05, 0) is 23.8 Å². The number of hydrogen-bond donors (Lipinski definition) is 1. The predicted molar refractivity (Wildman–Crippen MR) is 128 cm³/mol. The van der Waals surface area contributed by atoms with Gasteiger partial charge < -0.3 is 14.6 Å². The van der Waals surface area contributed by atoms with Gasteiger partial charge >= 0.3 is 5.97 Å². The summed E-state index contributed by atoms with van der Waals surface area (Å²) >= 11 is 0. The number of aliphatic hydroxyl groups is 1. The Hall–Kier alpha value is -3.63. The van der Waals surface area contributed by atoms with Crippen molar-refractivity contribution < 1.29 is 19.4 Å². The highest BCUT2D eigenvalue weighted by molar-refractivity contribution is 5.90. The Kier molecular flexibility index (Phi) is 5.39. The molecule has 0 amide bonds. The van der Waals surface area contributed by atoms with E-state index < -0.39 is 17.2 Å². The topological polar surface area (TPSA) is 55.8 Å². The number of carbonyl (C=O) groups is 1. The minimum atomic E-state index is -1.49. The standard InChI is InChI=1S/C29H26O4/c1-2-32-26(30)19-28(31)20-29(22-12-5-3-6-13-22,23-14-7-4-8-15-23)33-25-18-17-21-11-9-10-16-24(21)27(25)28/h3-18,31H,2,19-20H2,1H3. The maximum absolute atomic E-state index is 12.7. The Morgan fingerprint density at radius 1 is 0.879 bits per heavy atom. The number of ether oxygens (including phenoxy) is 2. The number of fused-ring (bicyclic) bond motifs is 3. The smallest absolute Gasteiger partial charge is 0.309 e. The Morgan fingerprint density at radius 3 is 2.12 bits per heavy atom. The van der Waals surface area contributed by atoms with Gasteiger partial charge in [0.2, 0.25) is 0 Å². The zero-order valence-electron chi connectivity index (χ0n) is 18.5. The summed E-state index contributed by atoms with van der Waals surface area (Å²) in [5, 5.41) is 14.1. The first kappa shape index (κ1) is 21.2. The molecule has 166 valence electrons. The van der Waals surface area contributed by atoms with Crippen molar-refractivity contribution in [1.29, 1.82) is 0 Å². The maximum atomic E-state index is 12.7. The van der Waals surface area contributed by atoms with E-state index in [1.165, 1.54) is 0 Å². The third-order valence-electron chi connectivity index (χ3n) is 6.40. The van der Waals surface area contributed by atoms with Gasteiger partial charge in [-0.2, -0.15) is 0 Å². The highest BCUT2D eigenvalue weighted by Gasteiger charge is 2.52. The molecule has 1 aliphatic rings. The molecule has 1 aliphatic heterocycles. The molecule has 33 heavy (non-hydrogen) atoms. The first-order valence-electron chi connectivity index (χ1n) is 11.3. The molecular weight excluding hydrogens is 412 g/mol. The Balaban J connectivity index is 1.78. The van der Waals surface area contributed by atoms with Crippen LogP contribution in [0.2, 0.25) is 0 Å². The van der Waals surface area contributed by atoms with Crippen LogP contribution in [0.5, 0.6) is 5.75 Å². The zero-order valence-corrected chi connectivity index (χ0v) is 18.5. The third-order valence-corrected chi connectivity index (χ3v) is 6.40. The van der Waals surface area contributed by atoms with E-state index in [2.05, 4.69) is 0 Å². The molecule has 0 aliphatic carbocycles. The van der Waals surface area contributed by atoms with Crippen LogP contribution in [0.3, 0.4) is 0 Å². The minimum Gasteiger partial charge on any atom is -0.477 e. The molecule has 0 aromatic heterocycles. The molecule has 0 fully saturated rings. The van der Waals surface area contributed by atoms with E-state index in [9.17, 15) is 9.90 Å². The van der Waals surface area contributed by atoms with Gasteiger partial charge in [-0.15, -0.1) is 0 Å². The number of esters is 1. The molecule has 0 radical (unpaired) electrons. The molecule has 4 aromatic rings. The van der Waals surface area contributed by atoms with Crippen molar-refractivity contribution in [3.05, 3.63) is 114 Å². The molecule has 5 rings (SSSR count). The van der Waals surface area contributed by atoms with Crippen molar-refractivity contribution in [3.63, 3.8) is 0 Å². The average molecular weight is 439 g/mol. The molecule has 1 unspecified atom stereocenters. The van der Waals surface area contributed by atoms with Gasteiger partial charge in [-0.1, -0.05) is 91.0 Å². The largest absolute Gasteiger partial charge is 0.477 e. The first-order valence-corrected chi connectivity index (χ1v) is 11.3. The fourth-order valence-corrected chi connectivity index (χ4v) is 5.05. The summed E-state index contributed by atoms with van der Waals surface area (Å²) in [6, 6.07) is 31.5. The van der Waals surface area contributed by atoms with Gasteiger partial charge in [-0.3, -0.25) is 4.79 Å². The molecule has 0 spiro atoms. The monoisotopic (exact) mass is 438 g/mol. The van der Waals surface area contributed by atoms with Gasteiger partial charge in [0.1, 0.15) is 11.4 Å². The van der Waals surface area contributed by atoms with E-state index in [0.717, 1.165) is 21.9 Å². The molecule has 1 heterocycles.